The zero-order valence-electron chi connectivity index (χ0n) is 8.20. The van der Waals surface area contributed by atoms with Gasteiger partial charge in [-0.2, -0.15) is 10.4 Å². The zero-order valence-corrected chi connectivity index (χ0v) is 8.20. The number of hydrogen-bond acceptors (Lipinski definition) is 5. The Morgan fingerprint density at radius 3 is 2.71 bits per heavy atom. The van der Waals surface area contributed by atoms with E-state index in [0.717, 1.165) is 11.3 Å². The van der Waals surface area contributed by atoms with Crippen molar-refractivity contribution in [1.29, 1.82) is 5.26 Å². The van der Waals surface area contributed by atoms with Crippen molar-refractivity contribution in [2.45, 2.75) is 13.8 Å². The molecular weight excluding hydrogens is 180 g/mol. The monoisotopic (exact) mass is 192 g/mol. The number of aliphatic hydroxyl groups is 1. The number of aromatic nitrogens is 2. The Labute approximate surface area is 82.4 Å². The highest BCUT2D eigenvalue weighted by Crippen LogP contribution is 2.16. The minimum atomic E-state index is -0.000523. The number of hydrogen-bond donors (Lipinski definition) is 2. The third-order valence-electron chi connectivity index (χ3n) is 1.97. The van der Waals surface area contributed by atoms with Crippen molar-refractivity contribution in [2.24, 2.45) is 0 Å². The van der Waals surface area contributed by atoms with E-state index in [0.29, 0.717) is 17.9 Å². The quantitative estimate of drug-likeness (QED) is 0.723. The normalized spacial score (nSPS) is 9.57. The molecule has 0 amide bonds. The van der Waals surface area contributed by atoms with Crippen molar-refractivity contribution in [1.82, 2.24) is 10.2 Å². The molecule has 1 heterocycles. The molecule has 0 atom stereocenters. The number of anilines is 1. The van der Waals surface area contributed by atoms with Crippen LogP contribution in [0.25, 0.3) is 0 Å². The fraction of sp³-hybridized carbons (Fsp3) is 0.444. The summed E-state index contributed by atoms with van der Waals surface area (Å²) < 4.78 is 0. The van der Waals surface area contributed by atoms with E-state index < -0.39 is 0 Å². The summed E-state index contributed by atoms with van der Waals surface area (Å²) in [6.45, 7) is 4.00. The van der Waals surface area contributed by atoms with Gasteiger partial charge in [0.15, 0.2) is 5.82 Å². The summed E-state index contributed by atoms with van der Waals surface area (Å²) in [5.41, 5.74) is 2.06. The van der Waals surface area contributed by atoms with Crippen LogP contribution in [0.3, 0.4) is 0 Å². The summed E-state index contributed by atoms with van der Waals surface area (Å²) in [7, 11) is 0. The highest BCUT2D eigenvalue weighted by atomic mass is 16.3. The summed E-state index contributed by atoms with van der Waals surface area (Å²) in [5.74, 6) is 0.435. The summed E-state index contributed by atoms with van der Waals surface area (Å²) in [6, 6.07) is 2.07. The Morgan fingerprint density at radius 2 is 2.14 bits per heavy atom. The first-order valence-electron chi connectivity index (χ1n) is 4.29. The molecule has 5 nitrogen and oxygen atoms in total. The number of aliphatic hydroxyl groups excluding tert-OH is 1. The molecule has 0 fully saturated rings. The van der Waals surface area contributed by atoms with Crippen molar-refractivity contribution in [3.63, 3.8) is 0 Å². The van der Waals surface area contributed by atoms with Crippen LogP contribution < -0.4 is 5.32 Å². The number of rotatable bonds is 3. The predicted octanol–water partition coefficient (Wildman–Crippen LogP) is 0.369. The lowest BCUT2D eigenvalue weighted by molar-refractivity contribution is 0.311. The van der Waals surface area contributed by atoms with E-state index in [2.05, 4.69) is 21.6 Å². The highest BCUT2D eigenvalue weighted by Gasteiger charge is 2.09. The van der Waals surface area contributed by atoms with Gasteiger partial charge in [-0.3, -0.25) is 0 Å². The number of nitrogens with zero attached hydrogens (tertiary/aromatic N) is 3. The predicted molar refractivity (Wildman–Crippen MR) is 51.8 cm³/mol. The van der Waals surface area contributed by atoms with Gasteiger partial charge in [-0.25, -0.2) is 0 Å². The molecule has 0 saturated heterocycles. The van der Waals surface area contributed by atoms with Crippen molar-refractivity contribution in [3.8, 4) is 6.07 Å². The van der Waals surface area contributed by atoms with Gasteiger partial charge in [-0.05, 0) is 19.4 Å². The molecule has 14 heavy (non-hydrogen) atoms. The van der Waals surface area contributed by atoms with E-state index in [4.69, 9.17) is 10.4 Å². The molecule has 1 aromatic rings. The molecule has 74 valence electrons. The van der Waals surface area contributed by atoms with Crippen LogP contribution in [0.1, 0.15) is 16.8 Å². The second-order valence-electron chi connectivity index (χ2n) is 2.90. The van der Waals surface area contributed by atoms with Crippen molar-refractivity contribution in [3.05, 3.63) is 16.8 Å². The molecule has 0 radical (unpaired) electrons. The first-order chi connectivity index (χ1) is 6.70. The first-order valence-corrected chi connectivity index (χ1v) is 4.29. The average molecular weight is 192 g/mol. The number of aryl methyl sites for hydroxylation is 1. The third-order valence-corrected chi connectivity index (χ3v) is 1.97. The summed E-state index contributed by atoms with van der Waals surface area (Å²) in [6.07, 6.45) is 0. The van der Waals surface area contributed by atoms with Gasteiger partial charge in [-0.1, -0.05) is 0 Å². The molecule has 0 saturated carbocycles. The van der Waals surface area contributed by atoms with E-state index in [9.17, 15) is 0 Å². The van der Waals surface area contributed by atoms with E-state index in [1.807, 2.05) is 6.92 Å². The Balaban J connectivity index is 3.06. The van der Waals surface area contributed by atoms with Crippen LogP contribution in [0.15, 0.2) is 0 Å². The molecule has 0 unspecified atom stereocenters. The van der Waals surface area contributed by atoms with Gasteiger partial charge in [0.25, 0.3) is 0 Å². The smallest absolute Gasteiger partial charge is 0.167 e. The van der Waals surface area contributed by atoms with Gasteiger partial charge in [0.2, 0.25) is 0 Å². The van der Waals surface area contributed by atoms with E-state index in [-0.39, 0.29) is 6.61 Å². The van der Waals surface area contributed by atoms with Crippen LogP contribution in [0, 0.1) is 25.2 Å². The molecule has 0 aliphatic rings. The van der Waals surface area contributed by atoms with E-state index in [1.54, 1.807) is 6.92 Å². The fourth-order valence-corrected chi connectivity index (χ4v) is 1.04. The standard InChI is InChI=1S/C9H12N4O/c1-6-7(2)12-13-9(8(6)5-10)11-3-4-14/h14H,3-4H2,1-2H3,(H,11,13). The van der Waals surface area contributed by atoms with Crippen LogP contribution in [0.5, 0.6) is 0 Å². The van der Waals surface area contributed by atoms with Crippen molar-refractivity contribution < 1.29 is 5.11 Å². The second kappa shape index (κ2) is 4.53. The third kappa shape index (κ3) is 1.98. The van der Waals surface area contributed by atoms with Crippen molar-refractivity contribution in [2.75, 3.05) is 18.5 Å². The topological polar surface area (TPSA) is 81.8 Å². The first kappa shape index (κ1) is 10.4. The highest BCUT2D eigenvalue weighted by molar-refractivity contribution is 5.55. The Hall–Kier alpha value is -1.67. The van der Waals surface area contributed by atoms with Crippen LogP contribution in [-0.4, -0.2) is 28.5 Å². The van der Waals surface area contributed by atoms with Crippen LogP contribution >= 0.6 is 0 Å². The zero-order chi connectivity index (χ0) is 10.6. The molecule has 5 heteroatoms. The molecule has 0 spiro atoms. The van der Waals surface area contributed by atoms with Gasteiger partial charge >= 0.3 is 0 Å². The van der Waals surface area contributed by atoms with Crippen LogP contribution in [-0.2, 0) is 0 Å². The second-order valence-corrected chi connectivity index (χ2v) is 2.90. The largest absolute Gasteiger partial charge is 0.395 e. The minimum absolute atomic E-state index is 0.000523. The maximum Gasteiger partial charge on any atom is 0.167 e. The molecule has 1 aromatic heterocycles. The number of nitriles is 1. The Kier molecular flexibility index (Phi) is 3.37. The van der Waals surface area contributed by atoms with Crippen LogP contribution in [0.2, 0.25) is 0 Å². The summed E-state index contributed by atoms with van der Waals surface area (Å²) in [5, 5.41) is 28.1. The van der Waals surface area contributed by atoms with Gasteiger partial charge in [0.1, 0.15) is 11.6 Å². The lowest BCUT2D eigenvalue weighted by atomic mass is 10.1. The molecule has 0 aliphatic carbocycles. The molecule has 2 N–H and O–H groups in total. The SMILES string of the molecule is Cc1nnc(NCCO)c(C#N)c1C. The van der Waals surface area contributed by atoms with Gasteiger partial charge in [0, 0.05) is 6.54 Å². The fourth-order valence-electron chi connectivity index (χ4n) is 1.04. The molecular formula is C9H12N4O. The average Bonchev–Trinajstić information content (AvgIpc) is 2.20. The minimum Gasteiger partial charge on any atom is -0.395 e. The Bertz CT molecular complexity index is 370. The summed E-state index contributed by atoms with van der Waals surface area (Å²) in [4.78, 5) is 0. The van der Waals surface area contributed by atoms with E-state index >= 15 is 0 Å². The molecule has 0 aromatic carbocycles. The maximum atomic E-state index is 8.90. The molecule has 1 rings (SSSR count). The molecule has 0 aliphatic heterocycles. The van der Waals surface area contributed by atoms with Crippen molar-refractivity contribution >= 4 is 5.82 Å². The number of nitrogens with one attached hydrogen (secondary N) is 1. The molecule has 0 bridgehead atoms. The Morgan fingerprint density at radius 1 is 1.43 bits per heavy atom. The van der Waals surface area contributed by atoms with E-state index in [1.165, 1.54) is 0 Å². The summed E-state index contributed by atoms with van der Waals surface area (Å²) >= 11 is 0. The van der Waals surface area contributed by atoms with Gasteiger partial charge in [-0.15, -0.1) is 5.10 Å². The lowest BCUT2D eigenvalue weighted by Gasteiger charge is -2.07. The van der Waals surface area contributed by atoms with Gasteiger partial charge < -0.3 is 10.4 Å². The maximum absolute atomic E-state index is 8.90. The van der Waals surface area contributed by atoms with Gasteiger partial charge in [0.05, 0.1) is 12.3 Å². The van der Waals surface area contributed by atoms with Crippen LogP contribution in [0.4, 0.5) is 5.82 Å². The lowest BCUT2D eigenvalue weighted by Crippen LogP contribution is -2.11.